The van der Waals surface area contributed by atoms with E-state index in [0.717, 1.165) is 18.4 Å². The van der Waals surface area contributed by atoms with E-state index >= 15 is 0 Å². The van der Waals surface area contributed by atoms with E-state index in [0.29, 0.717) is 17.1 Å². The number of methoxy groups -OCH3 is 2. The van der Waals surface area contributed by atoms with Gasteiger partial charge in [0.15, 0.2) is 17.3 Å². The highest BCUT2D eigenvalue weighted by Crippen LogP contribution is 2.34. The Morgan fingerprint density at radius 2 is 1.86 bits per heavy atom. The molecule has 1 aromatic rings. The van der Waals surface area contributed by atoms with Crippen LogP contribution in [0.25, 0.3) is 5.57 Å². The minimum Gasteiger partial charge on any atom is -0.493 e. The number of rotatable bonds is 6. The number of benzene rings is 1. The molecule has 5 heteroatoms. The van der Waals surface area contributed by atoms with Crippen molar-refractivity contribution in [1.29, 1.82) is 0 Å². The average Bonchev–Trinajstić information content (AvgIpc) is 3.00. The summed E-state index contributed by atoms with van der Waals surface area (Å²) in [5.41, 5.74) is 6.83. The van der Waals surface area contributed by atoms with Gasteiger partial charge in [-0.1, -0.05) is 6.07 Å². The minimum atomic E-state index is -0.589. The van der Waals surface area contributed by atoms with Gasteiger partial charge in [0.2, 0.25) is 0 Å². The second-order valence-corrected chi connectivity index (χ2v) is 5.41. The number of allylic oxidation sites excluding steroid dienone is 1. The molecule has 120 valence electrons. The lowest BCUT2D eigenvalue weighted by atomic mass is 10.0. The summed E-state index contributed by atoms with van der Waals surface area (Å²) < 4.78 is 16.5. The second-order valence-electron chi connectivity index (χ2n) is 5.41. The van der Waals surface area contributed by atoms with E-state index in [1.807, 2.05) is 18.2 Å². The van der Waals surface area contributed by atoms with Crippen LogP contribution in [0, 0.1) is 0 Å². The van der Waals surface area contributed by atoms with Crippen molar-refractivity contribution < 1.29 is 19.0 Å². The summed E-state index contributed by atoms with van der Waals surface area (Å²) >= 11 is 0. The van der Waals surface area contributed by atoms with Crippen LogP contribution in [0.1, 0.15) is 38.2 Å². The largest absolute Gasteiger partial charge is 0.493 e. The van der Waals surface area contributed by atoms with E-state index in [-0.39, 0.29) is 11.9 Å². The third-order valence-corrected chi connectivity index (χ3v) is 3.96. The fourth-order valence-electron chi connectivity index (χ4n) is 2.76. The lowest BCUT2D eigenvalue weighted by molar-refractivity contribution is -0.117. The van der Waals surface area contributed by atoms with Crippen molar-refractivity contribution in [2.45, 2.75) is 38.7 Å². The molecule has 1 saturated carbocycles. The van der Waals surface area contributed by atoms with E-state index in [1.54, 1.807) is 14.0 Å². The molecule has 2 N–H and O–H groups in total. The highest BCUT2D eigenvalue weighted by molar-refractivity contribution is 5.97. The molecule has 0 radical (unpaired) electrons. The standard InChI is InChI=1S/C17H23NO4/c1-11(16(21-3)17(18)19)12-8-9-14(20-2)15(10-12)22-13-6-4-5-7-13/h8-10,13H,4-7H2,1-3H3,(H2,18,19). The Hall–Kier alpha value is -2.17. The molecule has 0 saturated heterocycles. The summed E-state index contributed by atoms with van der Waals surface area (Å²) in [6.07, 6.45) is 4.74. The van der Waals surface area contributed by atoms with Crippen LogP contribution in [-0.4, -0.2) is 26.2 Å². The van der Waals surface area contributed by atoms with Crippen molar-refractivity contribution >= 4 is 11.5 Å². The summed E-state index contributed by atoms with van der Waals surface area (Å²) in [5, 5.41) is 0. The predicted molar refractivity (Wildman–Crippen MR) is 84.7 cm³/mol. The highest BCUT2D eigenvalue weighted by Gasteiger charge is 2.19. The topological polar surface area (TPSA) is 70.8 Å². The Morgan fingerprint density at radius 3 is 2.41 bits per heavy atom. The lowest BCUT2D eigenvalue weighted by Gasteiger charge is -2.17. The molecule has 0 unspecified atom stereocenters. The number of amides is 1. The molecular formula is C17H23NO4. The van der Waals surface area contributed by atoms with E-state index in [2.05, 4.69) is 0 Å². The van der Waals surface area contributed by atoms with Crippen LogP contribution in [-0.2, 0) is 9.53 Å². The summed E-state index contributed by atoms with van der Waals surface area (Å²) in [6.45, 7) is 1.80. The Bertz CT molecular complexity index is 574. The summed E-state index contributed by atoms with van der Waals surface area (Å²) in [6, 6.07) is 5.56. The fourth-order valence-corrected chi connectivity index (χ4v) is 2.76. The SMILES string of the molecule is COC(C(N)=O)=C(C)c1ccc(OC)c(OC2CCCC2)c1. The summed E-state index contributed by atoms with van der Waals surface area (Å²) in [5.74, 6) is 0.929. The summed E-state index contributed by atoms with van der Waals surface area (Å²) in [7, 11) is 3.05. The number of hydrogen-bond acceptors (Lipinski definition) is 4. The van der Waals surface area contributed by atoms with Crippen LogP contribution in [0.4, 0.5) is 0 Å². The van der Waals surface area contributed by atoms with Gasteiger partial charge in [0.1, 0.15) is 0 Å². The molecule has 0 spiro atoms. The first-order chi connectivity index (χ1) is 10.6. The van der Waals surface area contributed by atoms with Crippen LogP contribution >= 0.6 is 0 Å². The zero-order valence-electron chi connectivity index (χ0n) is 13.3. The molecule has 2 rings (SSSR count). The number of carbonyl (C=O) groups excluding carboxylic acids is 1. The van der Waals surface area contributed by atoms with Crippen LogP contribution in [0.5, 0.6) is 11.5 Å². The molecule has 1 aliphatic carbocycles. The molecule has 5 nitrogen and oxygen atoms in total. The molecule has 1 fully saturated rings. The lowest BCUT2D eigenvalue weighted by Crippen LogP contribution is -2.16. The van der Waals surface area contributed by atoms with Crippen molar-refractivity contribution in [3.8, 4) is 11.5 Å². The Kier molecular flexibility index (Phi) is 5.31. The van der Waals surface area contributed by atoms with Gasteiger partial charge in [0, 0.05) is 5.57 Å². The van der Waals surface area contributed by atoms with E-state index in [9.17, 15) is 4.79 Å². The smallest absolute Gasteiger partial charge is 0.284 e. The zero-order valence-corrected chi connectivity index (χ0v) is 13.3. The van der Waals surface area contributed by atoms with Gasteiger partial charge >= 0.3 is 0 Å². The maximum Gasteiger partial charge on any atom is 0.284 e. The molecule has 22 heavy (non-hydrogen) atoms. The molecule has 1 aromatic carbocycles. The number of primary amides is 1. The molecule has 0 aromatic heterocycles. The van der Waals surface area contributed by atoms with Gasteiger partial charge in [-0.05, 0) is 50.3 Å². The van der Waals surface area contributed by atoms with Crippen molar-refractivity contribution in [1.82, 2.24) is 0 Å². The first-order valence-electron chi connectivity index (χ1n) is 7.46. The maximum atomic E-state index is 11.4. The van der Waals surface area contributed by atoms with Crippen LogP contribution in [0.2, 0.25) is 0 Å². The van der Waals surface area contributed by atoms with Crippen LogP contribution in [0.3, 0.4) is 0 Å². The van der Waals surface area contributed by atoms with Crippen molar-refractivity contribution in [2.24, 2.45) is 5.73 Å². The normalized spacial score (nSPS) is 16.1. The van der Waals surface area contributed by atoms with Gasteiger partial charge in [-0.3, -0.25) is 4.79 Å². The zero-order chi connectivity index (χ0) is 16.1. The molecule has 0 bridgehead atoms. The van der Waals surface area contributed by atoms with Crippen molar-refractivity contribution in [3.05, 3.63) is 29.5 Å². The molecular weight excluding hydrogens is 282 g/mol. The number of nitrogens with two attached hydrogens (primary N) is 1. The third kappa shape index (κ3) is 3.53. The van der Waals surface area contributed by atoms with Gasteiger partial charge in [-0.15, -0.1) is 0 Å². The molecule has 1 aliphatic rings. The van der Waals surface area contributed by atoms with E-state index < -0.39 is 5.91 Å². The maximum absolute atomic E-state index is 11.4. The van der Waals surface area contributed by atoms with Crippen molar-refractivity contribution in [2.75, 3.05) is 14.2 Å². The first-order valence-corrected chi connectivity index (χ1v) is 7.46. The monoisotopic (exact) mass is 305 g/mol. The van der Waals surface area contributed by atoms with Crippen LogP contribution in [0.15, 0.2) is 24.0 Å². The first kappa shape index (κ1) is 16.2. The fraction of sp³-hybridized carbons (Fsp3) is 0.471. The quantitative estimate of drug-likeness (QED) is 0.648. The predicted octanol–water partition coefficient (Wildman–Crippen LogP) is 2.88. The average molecular weight is 305 g/mol. The number of hydrogen-bond donors (Lipinski definition) is 1. The molecule has 0 heterocycles. The molecule has 0 aliphatic heterocycles. The van der Waals surface area contributed by atoms with Gasteiger partial charge < -0.3 is 19.9 Å². The van der Waals surface area contributed by atoms with Gasteiger partial charge in [0.25, 0.3) is 5.91 Å². The van der Waals surface area contributed by atoms with E-state index in [1.165, 1.54) is 20.0 Å². The van der Waals surface area contributed by atoms with Gasteiger partial charge in [-0.25, -0.2) is 0 Å². The summed E-state index contributed by atoms with van der Waals surface area (Å²) in [4.78, 5) is 11.4. The molecule has 0 atom stereocenters. The van der Waals surface area contributed by atoms with Crippen LogP contribution < -0.4 is 15.2 Å². The minimum absolute atomic E-state index is 0.150. The second kappa shape index (κ2) is 7.20. The number of carbonyl (C=O) groups is 1. The van der Waals surface area contributed by atoms with Gasteiger partial charge in [0.05, 0.1) is 20.3 Å². The highest BCUT2D eigenvalue weighted by atomic mass is 16.5. The third-order valence-electron chi connectivity index (χ3n) is 3.96. The van der Waals surface area contributed by atoms with Gasteiger partial charge in [-0.2, -0.15) is 0 Å². The molecule has 1 amide bonds. The Labute approximate surface area is 131 Å². The van der Waals surface area contributed by atoms with Crippen molar-refractivity contribution in [3.63, 3.8) is 0 Å². The Balaban J connectivity index is 2.35. The van der Waals surface area contributed by atoms with E-state index in [4.69, 9.17) is 19.9 Å². The Morgan fingerprint density at radius 1 is 1.18 bits per heavy atom. The number of ether oxygens (including phenoxy) is 3.